The van der Waals surface area contributed by atoms with Crippen LogP contribution in [0.1, 0.15) is 29.5 Å². The molecule has 0 spiro atoms. The number of para-hydroxylation sites is 4. The first-order valence-corrected chi connectivity index (χ1v) is 22.1. The van der Waals surface area contributed by atoms with E-state index in [1.165, 1.54) is 65.9 Å². The predicted molar refractivity (Wildman–Crippen MR) is 271 cm³/mol. The number of aromatic nitrogens is 2. The lowest BCUT2D eigenvalue weighted by molar-refractivity contribution is 1.02. The Morgan fingerprint density at radius 1 is 0.438 bits per heavy atom. The molecule has 0 atom stereocenters. The van der Waals surface area contributed by atoms with Crippen molar-refractivity contribution in [3.05, 3.63) is 247 Å². The maximum absolute atomic E-state index is 6.56. The van der Waals surface area contributed by atoms with E-state index in [-0.39, 0.29) is 0 Å². The zero-order valence-electron chi connectivity index (χ0n) is 35.5. The van der Waals surface area contributed by atoms with Crippen molar-refractivity contribution in [1.29, 1.82) is 0 Å². The van der Waals surface area contributed by atoms with Crippen molar-refractivity contribution >= 4 is 55.0 Å². The molecular weight excluding hydrogens is 777 g/mol. The van der Waals surface area contributed by atoms with Crippen LogP contribution in [0.3, 0.4) is 0 Å². The van der Waals surface area contributed by atoms with Crippen molar-refractivity contribution in [2.24, 2.45) is 10.7 Å². The zero-order valence-corrected chi connectivity index (χ0v) is 35.5. The number of nitrogens with zero attached hydrogens (tertiary/aromatic N) is 3. The van der Waals surface area contributed by atoms with Crippen LogP contribution in [-0.2, 0) is 6.54 Å². The summed E-state index contributed by atoms with van der Waals surface area (Å²) in [4.78, 5) is 5.26. The Labute approximate surface area is 373 Å². The molecule has 0 fully saturated rings. The van der Waals surface area contributed by atoms with Gasteiger partial charge in [0.2, 0.25) is 0 Å². The number of allylic oxidation sites excluding steroid dienone is 1. The predicted octanol–water partition coefficient (Wildman–Crippen LogP) is 15.0. The van der Waals surface area contributed by atoms with E-state index in [0.29, 0.717) is 6.54 Å². The Morgan fingerprint density at radius 3 is 1.81 bits per heavy atom. The van der Waals surface area contributed by atoms with Crippen LogP contribution in [0.4, 0.5) is 0 Å². The molecular formula is C60H46N4. The lowest BCUT2D eigenvalue weighted by Crippen LogP contribution is -2.03. The lowest BCUT2D eigenvalue weighted by Gasteiger charge is -2.14. The maximum atomic E-state index is 6.56. The first-order chi connectivity index (χ1) is 31.7. The molecule has 0 aliphatic heterocycles. The summed E-state index contributed by atoms with van der Waals surface area (Å²) in [6.07, 6.45) is 3.67. The highest BCUT2D eigenvalue weighted by Crippen LogP contribution is 2.40. The molecule has 0 saturated heterocycles. The largest absolute Gasteiger partial charge is 0.399 e. The van der Waals surface area contributed by atoms with Crippen LogP contribution in [0.5, 0.6) is 0 Å². The van der Waals surface area contributed by atoms with Gasteiger partial charge in [-0.15, -0.1) is 0 Å². The summed E-state index contributed by atoms with van der Waals surface area (Å²) in [6, 6.07) is 80.4. The molecule has 306 valence electrons. The summed E-state index contributed by atoms with van der Waals surface area (Å²) in [5, 5.41) is 4.93. The van der Waals surface area contributed by atoms with Crippen molar-refractivity contribution in [3.63, 3.8) is 0 Å². The van der Waals surface area contributed by atoms with E-state index in [4.69, 9.17) is 10.7 Å². The molecule has 0 amide bonds. The van der Waals surface area contributed by atoms with Crippen molar-refractivity contribution in [3.8, 4) is 33.6 Å². The van der Waals surface area contributed by atoms with Gasteiger partial charge in [0.1, 0.15) is 0 Å². The molecule has 2 N–H and O–H groups in total. The highest BCUT2D eigenvalue weighted by Gasteiger charge is 2.19. The van der Waals surface area contributed by atoms with Crippen LogP contribution >= 0.6 is 0 Å². The second-order valence-corrected chi connectivity index (χ2v) is 16.4. The van der Waals surface area contributed by atoms with Gasteiger partial charge in [0.15, 0.2) is 0 Å². The van der Waals surface area contributed by atoms with Crippen LogP contribution in [0.2, 0.25) is 0 Å². The molecule has 2 heterocycles. The summed E-state index contributed by atoms with van der Waals surface area (Å²) in [7, 11) is 0. The molecule has 11 rings (SSSR count). The second-order valence-electron chi connectivity index (χ2n) is 16.4. The van der Waals surface area contributed by atoms with Crippen LogP contribution in [0.25, 0.3) is 82.9 Å². The van der Waals surface area contributed by atoms with E-state index >= 15 is 0 Å². The van der Waals surface area contributed by atoms with Gasteiger partial charge in [0, 0.05) is 49.9 Å². The summed E-state index contributed by atoms with van der Waals surface area (Å²) in [5.74, 6) is 0. The average Bonchev–Trinajstić information content (AvgIpc) is 3.89. The number of hydrogen-bond donors (Lipinski definition) is 1. The van der Waals surface area contributed by atoms with E-state index in [2.05, 4.69) is 221 Å². The fourth-order valence-corrected chi connectivity index (χ4v) is 9.42. The second kappa shape index (κ2) is 16.9. The third kappa shape index (κ3) is 7.25. The van der Waals surface area contributed by atoms with Crippen molar-refractivity contribution < 1.29 is 0 Å². The van der Waals surface area contributed by atoms with E-state index in [0.717, 1.165) is 52.3 Å². The molecule has 9 aromatic carbocycles. The molecule has 0 unspecified atom stereocenters. The number of aliphatic imine (C=N–C) groups is 1. The van der Waals surface area contributed by atoms with Gasteiger partial charge < -0.3 is 14.9 Å². The fourth-order valence-electron chi connectivity index (χ4n) is 9.42. The van der Waals surface area contributed by atoms with Gasteiger partial charge in [-0.2, -0.15) is 0 Å². The van der Waals surface area contributed by atoms with Crippen LogP contribution < -0.4 is 5.73 Å². The molecule has 4 nitrogen and oxygen atoms in total. The molecule has 0 radical (unpaired) electrons. The monoisotopic (exact) mass is 822 g/mol. The number of benzene rings is 9. The smallest absolute Gasteiger partial charge is 0.0643 e. The van der Waals surface area contributed by atoms with Gasteiger partial charge in [-0.3, -0.25) is 4.99 Å². The Bertz CT molecular complexity index is 3520. The van der Waals surface area contributed by atoms with E-state index in [9.17, 15) is 0 Å². The van der Waals surface area contributed by atoms with Crippen LogP contribution in [0.15, 0.2) is 236 Å². The van der Waals surface area contributed by atoms with Crippen molar-refractivity contribution in [2.45, 2.75) is 19.4 Å². The van der Waals surface area contributed by atoms with Crippen LogP contribution in [-0.4, -0.2) is 14.8 Å². The van der Waals surface area contributed by atoms with Crippen LogP contribution in [0, 0.1) is 0 Å². The fraction of sp³-hybridized carbons (Fsp3) is 0.0500. The molecule has 0 bridgehead atoms. The van der Waals surface area contributed by atoms with Gasteiger partial charge in [-0.25, -0.2) is 0 Å². The van der Waals surface area contributed by atoms with Gasteiger partial charge >= 0.3 is 0 Å². The highest BCUT2D eigenvalue weighted by atomic mass is 15.0. The van der Waals surface area contributed by atoms with Gasteiger partial charge in [-0.05, 0) is 101 Å². The van der Waals surface area contributed by atoms with E-state index < -0.39 is 0 Å². The number of rotatable bonds is 11. The first-order valence-electron chi connectivity index (χ1n) is 22.1. The molecule has 11 aromatic rings. The molecule has 0 aliphatic rings. The molecule has 2 aromatic heterocycles. The Balaban J connectivity index is 1.01. The topological polar surface area (TPSA) is 48.2 Å². The Morgan fingerprint density at radius 2 is 1.02 bits per heavy atom. The zero-order chi connectivity index (χ0) is 42.8. The number of nitrogens with two attached hydrogens (primary N) is 1. The molecule has 0 aliphatic carbocycles. The van der Waals surface area contributed by atoms with Crippen molar-refractivity contribution in [1.82, 2.24) is 9.13 Å². The molecule has 4 heteroatoms. The van der Waals surface area contributed by atoms with Gasteiger partial charge in [-0.1, -0.05) is 176 Å². The normalized spacial score (nSPS) is 12.2. The minimum absolute atomic E-state index is 0.612. The minimum atomic E-state index is 0.612. The quantitative estimate of drug-likeness (QED) is 0.130. The standard InChI is InChI=1S/C60H46N4/c61-55(43-20-6-2-7-21-43)32-17-33-56(62-41-42-18-4-1-5-19-42)47-24-14-23-46(38-47)50-30-16-31-53-51-28-10-13-35-58(51)64(60(50)53)49-27-15-22-44(39-49)45-36-37-59-54(40-45)52-29-11-12-34-57(52)63(59)48-25-8-3-9-26-48/h1-16,18-32,34-40H,17,33,41,61H2/b55-32-,62-56?. The van der Waals surface area contributed by atoms with E-state index in [1.54, 1.807) is 0 Å². The lowest BCUT2D eigenvalue weighted by atomic mass is 9.97. The maximum Gasteiger partial charge on any atom is 0.0643 e. The number of fused-ring (bicyclic) bond motifs is 6. The molecule has 0 saturated carbocycles. The third-order valence-electron chi connectivity index (χ3n) is 12.5. The Hall–Kier alpha value is -8.21. The minimum Gasteiger partial charge on any atom is -0.399 e. The van der Waals surface area contributed by atoms with Crippen molar-refractivity contribution in [2.75, 3.05) is 0 Å². The first kappa shape index (κ1) is 38.7. The SMILES string of the molecule is N/C(=C\CCC(=NCc1ccccc1)c1cccc(-c2cccc3c4ccccc4n(-c4cccc(-c5ccc6c(c5)c5ccccc5n6-c5ccccc5)c4)c23)c1)c1ccccc1. The molecule has 64 heavy (non-hydrogen) atoms. The summed E-state index contributed by atoms with van der Waals surface area (Å²) in [6.45, 7) is 0.612. The van der Waals surface area contributed by atoms with Gasteiger partial charge in [0.25, 0.3) is 0 Å². The highest BCUT2D eigenvalue weighted by molar-refractivity contribution is 6.14. The summed E-state index contributed by atoms with van der Waals surface area (Å²) >= 11 is 0. The third-order valence-corrected chi connectivity index (χ3v) is 12.5. The summed E-state index contributed by atoms with van der Waals surface area (Å²) in [5.41, 5.74) is 23.5. The average molecular weight is 823 g/mol. The van der Waals surface area contributed by atoms with E-state index in [1.807, 2.05) is 18.2 Å². The summed E-state index contributed by atoms with van der Waals surface area (Å²) < 4.78 is 4.83. The van der Waals surface area contributed by atoms with Gasteiger partial charge in [0.05, 0.1) is 28.6 Å². The number of hydrogen-bond acceptors (Lipinski definition) is 2. The Kier molecular flexibility index (Phi) is 10.2.